The highest BCUT2D eigenvalue weighted by molar-refractivity contribution is 8.00. The standard InChI is InChI=1S/C14H19N5O2S2/c1-2-3-15-10(20)8-22-13-11-12(16-9-17-13)18-14(23-11)19-4-6-21-7-5-19/h9H,2-8H2,1H3,(H,15,20). The van der Waals surface area contributed by atoms with Crippen molar-refractivity contribution in [2.75, 3.05) is 43.5 Å². The number of hydrogen-bond donors (Lipinski definition) is 1. The van der Waals surface area contributed by atoms with E-state index in [0.717, 1.165) is 47.6 Å². The van der Waals surface area contributed by atoms with Crippen molar-refractivity contribution in [2.24, 2.45) is 0 Å². The van der Waals surface area contributed by atoms with Crippen molar-refractivity contribution >= 4 is 44.5 Å². The Morgan fingerprint density at radius 1 is 1.43 bits per heavy atom. The lowest BCUT2D eigenvalue weighted by molar-refractivity contribution is -0.118. The first-order valence-corrected chi connectivity index (χ1v) is 9.42. The van der Waals surface area contributed by atoms with E-state index in [1.165, 1.54) is 18.1 Å². The van der Waals surface area contributed by atoms with Crippen molar-refractivity contribution in [3.8, 4) is 0 Å². The predicted molar refractivity (Wildman–Crippen MR) is 92.3 cm³/mol. The molecule has 2 aromatic rings. The topological polar surface area (TPSA) is 80.2 Å². The van der Waals surface area contributed by atoms with E-state index in [4.69, 9.17) is 4.74 Å². The maximum atomic E-state index is 11.8. The minimum absolute atomic E-state index is 0.0292. The Labute approximate surface area is 142 Å². The van der Waals surface area contributed by atoms with Gasteiger partial charge < -0.3 is 15.0 Å². The van der Waals surface area contributed by atoms with Gasteiger partial charge in [0.15, 0.2) is 10.8 Å². The van der Waals surface area contributed by atoms with Gasteiger partial charge in [0.25, 0.3) is 0 Å². The second-order valence-electron chi connectivity index (χ2n) is 5.07. The zero-order chi connectivity index (χ0) is 16.1. The molecule has 0 bridgehead atoms. The highest BCUT2D eigenvalue weighted by atomic mass is 32.2. The largest absolute Gasteiger partial charge is 0.378 e. The Hall–Kier alpha value is -1.45. The molecule has 3 rings (SSSR count). The van der Waals surface area contributed by atoms with Gasteiger partial charge in [-0.05, 0) is 6.42 Å². The summed E-state index contributed by atoms with van der Waals surface area (Å²) in [5.74, 6) is 0.387. The Bertz CT molecular complexity index is 672. The van der Waals surface area contributed by atoms with Crippen molar-refractivity contribution in [3.05, 3.63) is 6.33 Å². The molecule has 1 N–H and O–H groups in total. The summed E-state index contributed by atoms with van der Waals surface area (Å²) in [6.45, 7) is 5.87. The lowest BCUT2D eigenvalue weighted by atomic mass is 10.5. The van der Waals surface area contributed by atoms with Gasteiger partial charge in [0, 0.05) is 19.6 Å². The lowest BCUT2D eigenvalue weighted by Crippen LogP contribution is -2.36. The highest BCUT2D eigenvalue weighted by Crippen LogP contribution is 2.33. The van der Waals surface area contributed by atoms with Gasteiger partial charge in [-0.15, -0.1) is 0 Å². The molecule has 0 spiro atoms. The number of thiazole rings is 1. The van der Waals surface area contributed by atoms with Gasteiger partial charge in [-0.3, -0.25) is 4.79 Å². The number of nitrogens with one attached hydrogen (secondary N) is 1. The summed E-state index contributed by atoms with van der Waals surface area (Å²) in [7, 11) is 0. The van der Waals surface area contributed by atoms with E-state index in [0.29, 0.717) is 17.9 Å². The molecule has 0 unspecified atom stereocenters. The summed E-state index contributed by atoms with van der Waals surface area (Å²) in [6, 6.07) is 0. The molecule has 1 aliphatic rings. The maximum absolute atomic E-state index is 11.8. The minimum atomic E-state index is 0.0292. The Morgan fingerprint density at radius 2 is 2.26 bits per heavy atom. The number of carbonyl (C=O) groups is 1. The summed E-state index contributed by atoms with van der Waals surface area (Å²) in [6.07, 6.45) is 2.45. The molecule has 0 saturated carbocycles. The van der Waals surface area contributed by atoms with Crippen LogP contribution in [0, 0.1) is 0 Å². The average molecular weight is 353 g/mol. The molecule has 0 aliphatic carbocycles. The molecule has 0 atom stereocenters. The number of morpholine rings is 1. The molecule has 124 valence electrons. The smallest absolute Gasteiger partial charge is 0.230 e. The Kier molecular flexibility index (Phi) is 5.63. The molecule has 0 radical (unpaired) electrons. The summed E-state index contributed by atoms with van der Waals surface area (Å²) in [5.41, 5.74) is 0.697. The van der Waals surface area contributed by atoms with Gasteiger partial charge in [-0.2, -0.15) is 4.98 Å². The second-order valence-corrected chi connectivity index (χ2v) is 7.01. The normalized spacial score (nSPS) is 15.1. The molecular formula is C14H19N5O2S2. The number of thioether (sulfide) groups is 1. The van der Waals surface area contributed by atoms with Gasteiger partial charge >= 0.3 is 0 Å². The van der Waals surface area contributed by atoms with E-state index in [2.05, 4.69) is 25.2 Å². The van der Waals surface area contributed by atoms with Crippen molar-refractivity contribution in [2.45, 2.75) is 18.4 Å². The van der Waals surface area contributed by atoms with E-state index < -0.39 is 0 Å². The van der Waals surface area contributed by atoms with Gasteiger partial charge in [0.1, 0.15) is 16.1 Å². The Morgan fingerprint density at radius 3 is 3.04 bits per heavy atom. The molecule has 2 aromatic heterocycles. The zero-order valence-electron chi connectivity index (χ0n) is 12.9. The summed E-state index contributed by atoms with van der Waals surface area (Å²) < 4.78 is 6.32. The summed E-state index contributed by atoms with van der Waals surface area (Å²) >= 11 is 3.01. The van der Waals surface area contributed by atoms with Crippen LogP contribution in [0.5, 0.6) is 0 Å². The quantitative estimate of drug-likeness (QED) is 0.623. The van der Waals surface area contributed by atoms with Crippen LogP contribution in [0.4, 0.5) is 5.13 Å². The van der Waals surface area contributed by atoms with Crippen molar-refractivity contribution in [1.82, 2.24) is 20.3 Å². The van der Waals surface area contributed by atoms with Crippen molar-refractivity contribution < 1.29 is 9.53 Å². The number of hydrogen-bond acceptors (Lipinski definition) is 8. The van der Waals surface area contributed by atoms with Crippen molar-refractivity contribution in [3.63, 3.8) is 0 Å². The first-order chi connectivity index (χ1) is 11.3. The minimum Gasteiger partial charge on any atom is -0.378 e. The van der Waals surface area contributed by atoms with E-state index >= 15 is 0 Å². The first-order valence-electron chi connectivity index (χ1n) is 7.61. The van der Waals surface area contributed by atoms with E-state index in [9.17, 15) is 4.79 Å². The molecule has 9 heteroatoms. The van der Waals surface area contributed by atoms with Crippen LogP contribution in [0.2, 0.25) is 0 Å². The van der Waals surface area contributed by atoms with Gasteiger partial charge in [0.2, 0.25) is 5.91 Å². The molecule has 1 fully saturated rings. The molecule has 0 aromatic carbocycles. The molecule has 7 nitrogen and oxygen atoms in total. The average Bonchev–Trinajstić information content (AvgIpc) is 3.03. The van der Waals surface area contributed by atoms with E-state index in [-0.39, 0.29) is 5.91 Å². The number of fused-ring (bicyclic) bond motifs is 1. The molecule has 23 heavy (non-hydrogen) atoms. The number of carbonyl (C=O) groups excluding carboxylic acids is 1. The lowest BCUT2D eigenvalue weighted by Gasteiger charge is -2.25. The van der Waals surface area contributed by atoms with Crippen LogP contribution in [0.3, 0.4) is 0 Å². The summed E-state index contributed by atoms with van der Waals surface area (Å²) in [4.78, 5) is 27.1. The highest BCUT2D eigenvalue weighted by Gasteiger charge is 2.18. The molecule has 1 saturated heterocycles. The number of anilines is 1. The molecule has 3 heterocycles. The zero-order valence-corrected chi connectivity index (χ0v) is 14.6. The van der Waals surface area contributed by atoms with E-state index in [1.54, 1.807) is 11.3 Å². The third-order valence-corrected chi connectivity index (χ3v) is 5.57. The van der Waals surface area contributed by atoms with Crippen LogP contribution >= 0.6 is 23.1 Å². The van der Waals surface area contributed by atoms with Crippen LogP contribution < -0.4 is 10.2 Å². The van der Waals surface area contributed by atoms with Crippen LogP contribution in [-0.4, -0.2) is 59.5 Å². The fourth-order valence-corrected chi connectivity index (χ4v) is 4.14. The third kappa shape index (κ3) is 4.10. The molecular weight excluding hydrogens is 334 g/mol. The summed E-state index contributed by atoms with van der Waals surface area (Å²) in [5, 5.41) is 4.63. The molecule has 1 amide bonds. The van der Waals surface area contributed by atoms with Gasteiger partial charge in [-0.1, -0.05) is 30.0 Å². The van der Waals surface area contributed by atoms with Crippen molar-refractivity contribution in [1.29, 1.82) is 0 Å². The number of ether oxygens (including phenoxy) is 1. The van der Waals surface area contributed by atoms with Gasteiger partial charge in [-0.25, -0.2) is 9.97 Å². The predicted octanol–water partition coefficient (Wildman–Crippen LogP) is 1.54. The van der Waals surface area contributed by atoms with Crippen LogP contribution in [0.15, 0.2) is 11.4 Å². The number of nitrogens with zero attached hydrogens (tertiary/aromatic N) is 4. The van der Waals surface area contributed by atoms with E-state index in [1.807, 2.05) is 6.92 Å². The van der Waals surface area contributed by atoms with Crippen LogP contribution in [0.25, 0.3) is 10.3 Å². The number of amides is 1. The number of rotatable bonds is 6. The Balaban J connectivity index is 1.73. The van der Waals surface area contributed by atoms with Crippen LogP contribution in [-0.2, 0) is 9.53 Å². The fourth-order valence-electron chi connectivity index (χ4n) is 2.16. The SMILES string of the molecule is CCCNC(=O)CSc1ncnc2nc(N3CCOCC3)sc12. The maximum Gasteiger partial charge on any atom is 0.230 e. The van der Waals surface area contributed by atoms with Gasteiger partial charge in [0.05, 0.1) is 19.0 Å². The number of aromatic nitrogens is 3. The molecule has 1 aliphatic heterocycles. The first kappa shape index (κ1) is 16.4. The fraction of sp³-hybridized carbons (Fsp3) is 0.571. The second kappa shape index (κ2) is 7.89. The van der Waals surface area contributed by atoms with Crippen LogP contribution in [0.1, 0.15) is 13.3 Å². The third-order valence-electron chi connectivity index (χ3n) is 3.34. The monoisotopic (exact) mass is 353 g/mol.